The van der Waals surface area contributed by atoms with Gasteiger partial charge in [0.1, 0.15) is 23.5 Å². The van der Waals surface area contributed by atoms with Crippen LogP contribution in [0.1, 0.15) is 30.1 Å². The lowest BCUT2D eigenvalue weighted by atomic mass is 9.88. The highest BCUT2D eigenvalue weighted by Gasteiger charge is 2.54. The Balaban J connectivity index is 1.43. The van der Waals surface area contributed by atoms with Gasteiger partial charge >= 0.3 is 0 Å². The minimum absolute atomic E-state index is 0.00594. The predicted octanol–water partition coefficient (Wildman–Crippen LogP) is 3.76. The van der Waals surface area contributed by atoms with E-state index in [1.807, 2.05) is 56.4 Å². The van der Waals surface area contributed by atoms with Gasteiger partial charge in [-0.25, -0.2) is 15.0 Å². The number of aliphatic hydroxyl groups is 1. The van der Waals surface area contributed by atoms with Gasteiger partial charge in [-0.1, -0.05) is 24.8 Å². The molecule has 0 amide bonds. The van der Waals surface area contributed by atoms with Crippen LogP contribution in [0.2, 0.25) is 0 Å². The normalized spacial score (nSPS) is 22.7. The third kappa shape index (κ3) is 3.77. The minimum atomic E-state index is -0.227. The van der Waals surface area contributed by atoms with E-state index in [0.29, 0.717) is 17.4 Å². The molecular formula is C29H30N6O3. The van der Waals surface area contributed by atoms with Crippen molar-refractivity contribution in [2.75, 3.05) is 12.3 Å². The molecular weight excluding hydrogens is 480 g/mol. The van der Waals surface area contributed by atoms with Crippen molar-refractivity contribution in [1.29, 1.82) is 0 Å². The zero-order valence-corrected chi connectivity index (χ0v) is 21.4. The first kappa shape index (κ1) is 24.3. The van der Waals surface area contributed by atoms with E-state index in [9.17, 15) is 9.90 Å². The molecule has 3 aromatic heterocycles. The SMILES string of the molecule is C=CC(=O)C1CC2CC(c3c(-c4ccc(Oc5cccc(C)n5)cc4)c4c(N)ncnc4n3C)C(CO)N21. The van der Waals surface area contributed by atoms with Crippen LogP contribution in [-0.4, -0.2) is 60.0 Å². The first-order valence-corrected chi connectivity index (χ1v) is 12.8. The number of nitrogens with two attached hydrogens (primary N) is 1. The van der Waals surface area contributed by atoms with Crippen LogP contribution in [0.5, 0.6) is 11.6 Å². The molecule has 2 fully saturated rings. The highest BCUT2D eigenvalue weighted by atomic mass is 16.5. The molecule has 0 radical (unpaired) electrons. The van der Waals surface area contributed by atoms with Gasteiger partial charge in [0, 0.05) is 48.1 Å². The van der Waals surface area contributed by atoms with Crippen molar-refractivity contribution in [3.8, 4) is 22.8 Å². The highest BCUT2D eigenvalue weighted by molar-refractivity contribution is 6.02. The summed E-state index contributed by atoms with van der Waals surface area (Å²) in [5.41, 5.74) is 11.0. The predicted molar refractivity (Wildman–Crippen MR) is 145 cm³/mol. The van der Waals surface area contributed by atoms with E-state index in [0.717, 1.165) is 46.4 Å². The summed E-state index contributed by atoms with van der Waals surface area (Å²) in [5.74, 6) is 1.59. The third-order valence-electron chi connectivity index (χ3n) is 7.99. The number of nitrogen functional groups attached to an aromatic ring is 1. The second-order valence-corrected chi connectivity index (χ2v) is 10.1. The molecule has 0 saturated carbocycles. The number of aliphatic hydroxyl groups excluding tert-OH is 1. The van der Waals surface area contributed by atoms with E-state index < -0.39 is 0 Å². The van der Waals surface area contributed by atoms with Crippen molar-refractivity contribution >= 4 is 22.6 Å². The number of hydrogen-bond acceptors (Lipinski definition) is 8. The summed E-state index contributed by atoms with van der Waals surface area (Å²) < 4.78 is 8.03. The summed E-state index contributed by atoms with van der Waals surface area (Å²) in [6.45, 7) is 5.53. The van der Waals surface area contributed by atoms with Gasteiger partial charge in [-0.2, -0.15) is 0 Å². The topological polar surface area (TPSA) is 119 Å². The number of aromatic nitrogens is 4. The van der Waals surface area contributed by atoms with Crippen LogP contribution in [0.25, 0.3) is 22.2 Å². The van der Waals surface area contributed by atoms with Crippen molar-refractivity contribution in [3.05, 3.63) is 72.8 Å². The first-order valence-electron chi connectivity index (χ1n) is 12.8. The number of hydrogen-bond donors (Lipinski definition) is 2. The number of carbonyl (C=O) groups is 1. The number of nitrogens with zero attached hydrogens (tertiary/aromatic N) is 5. The third-order valence-corrected chi connectivity index (χ3v) is 7.99. The molecule has 38 heavy (non-hydrogen) atoms. The summed E-state index contributed by atoms with van der Waals surface area (Å²) in [6, 6.07) is 13.3. The number of carbonyl (C=O) groups excluding carboxylic acids is 1. The summed E-state index contributed by atoms with van der Waals surface area (Å²) in [6.07, 6.45) is 4.47. The van der Waals surface area contributed by atoms with Gasteiger partial charge in [-0.3, -0.25) is 9.69 Å². The number of rotatable bonds is 7. The average Bonchev–Trinajstić information content (AvgIpc) is 3.35. The number of fused-ring (bicyclic) bond motifs is 2. The number of ketones is 1. The standard InChI is InChI=1S/C29H30N6O3/c1-4-23(37)21-13-18-12-20(22(14-36)35(18)21)27-25(26-28(30)31-15-32-29(26)34(27)3)17-8-10-19(11-9-17)38-24-7-5-6-16(2)33-24/h4-11,15,18,20-22,36H,1,12-14H2,2-3H3,(H2,30,31,32). The van der Waals surface area contributed by atoms with E-state index in [1.54, 1.807) is 0 Å². The van der Waals surface area contributed by atoms with E-state index in [1.165, 1.54) is 12.4 Å². The highest BCUT2D eigenvalue weighted by Crippen LogP contribution is 2.51. The van der Waals surface area contributed by atoms with Crippen LogP contribution in [0.4, 0.5) is 5.82 Å². The average molecular weight is 511 g/mol. The van der Waals surface area contributed by atoms with E-state index in [-0.39, 0.29) is 36.4 Å². The summed E-state index contributed by atoms with van der Waals surface area (Å²) in [7, 11) is 1.98. The first-order chi connectivity index (χ1) is 18.4. The molecule has 194 valence electrons. The molecule has 2 aliphatic rings. The van der Waals surface area contributed by atoms with Crippen molar-refractivity contribution in [2.45, 2.75) is 43.8 Å². The minimum Gasteiger partial charge on any atom is -0.439 e. The van der Waals surface area contributed by atoms with Gasteiger partial charge in [0.05, 0.1) is 18.0 Å². The fourth-order valence-corrected chi connectivity index (χ4v) is 6.32. The molecule has 4 aromatic rings. The fourth-order valence-electron chi connectivity index (χ4n) is 6.32. The zero-order valence-electron chi connectivity index (χ0n) is 21.4. The number of benzene rings is 1. The van der Waals surface area contributed by atoms with Crippen LogP contribution < -0.4 is 10.5 Å². The molecule has 1 aromatic carbocycles. The Kier molecular flexibility index (Phi) is 5.97. The number of anilines is 1. The Morgan fingerprint density at radius 1 is 1.21 bits per heavy atom. The van der Waals surface area contributed by atoms with Gasteiger partial charge in [-0.05, 0) is 49.6 Å². The molecule has 4 unspecified atom stereocenters. The van der Waals surface area contributed by atoms with Gasteiger partial charge < -0.3 is 20.1 Å². The van der Waals surface area contributed by atoms with E-state index in [2.05, 4.69) is 31.0 Å². The summed E-state index contributed by atoms with van der Waals surface area (Å²) >= 11 is 0. The van der Waals surface area contributed by atoms with Crippen molar-refractivity contribution in [2.24, 2.45) is 7.05 Å². The lowest BCUT2D eigenvalue weighted by molar-refractivity contribution is -0.128. The van der Waals surface area contributed by atoms with Gasteiger partial charge in [0.25, 0.3) is 0 Å². The Morgan fingerprint density at radius 2 is 2.00 bits per heavy atom. The largest absolute Gasteiger partial charge is 0.439 e. The molecule has 0 bridgehead atoms. The van der Waals surface area contributed by atoms with Crippen LogP contribution >= 0.6 is 0 Å². The van der Waals surface area contributed by atoms with Crippen LogP contribution in [0.3, 0.4) is 0 Å². The maximum absolute atomic E-state index is 12.5. The number of aryl methyl sites for hydroxylation is 2. The quantitative estimate of drug-likeness (QED) is 0.361. The van der Waals surface area contributed by atoms with Crippen molar-refractivity contribution in [1.82, 2.24) is 24.4 Å². The fraction of sp³-hybridized carbons (Fsp3) is 0.310. The zero-order chi connectivity index (χ0) is 26.6. The summed E-state index contributed by atoms with van der Waals surface area (Å²) in [5, 5.41) is 11.3. The van der Waals surface area contributed by atoms with Crippen LogP contribution in [-0.2, 0) is 11.8 Å². The Morgan fingerprint density at radius 3 is 2.71 bits per heavy atom. The van der Waals surface area contributed by atoms with E-state index >= 15 is 0 Å². The molecule has 2 aliphatic heterocycles. The van der Waals surface area contributed by atoms with Crippen LogP contribution in [0, 0.1) is 6.92 Å². The molecule has 5 heterocycles. The molecule has 4 atom stereocenters. The van der Waals surface area contributed by atoms with Gasteiger partial charge in [-0.15, -0.1) is 0 Å². The molecule has 6 rings (SSSR count). The van der Waals surface area contributed by atoms with E-state index in [4.69, 9.17) is 10.5 Å². The lowest BCUT2D eigenvalue weighted by Crippen LogP contribution is -2.59. The van der Waals surface area contributed by atoms with Gasteiger partial charge in [0.15, 0.2) is 5.78 Å². The molecule has 3 N–H and O–H groups in total. The number of ether oxygens (including phenoxy) is 1. The Bertz CT molecular complexity index is 1550. The number of pyridine rings is 1. The monoisotopic (exact) mass is 510 g/mol. The van der Waals surface area contributed by atoms with Crippen molar-refractivity contribution < 1.29 is 14.6 Å². The maximum Gasteiger partial charge on any atom is 0.219 e. The second kappa shape index (κ2) is 9.34. The molecule has 9 heteroatoms. The maximum atomic E-state index is 12.5. The Hall–Kier alpha value is -4.08. The van der Waals surface area contributed by atoms with Crippen LogP contribution in [0.15, 0.2) is 61.4 Å². The lowest BCUT2D eigenvalue weighted by Gasteiger charge is -2.45. The Labute approximate surface area is 220 Å². The molecule has 0 aliphatic carbocycles. The second-order valence-electron chi connectivity index (χ2n) is 10.1. The molecule has 2 saturated heterocycles. The molecule has 0 spiro atoms. The molecule has 9 nitrogen and oxygen atoms in total. The van der Waals surface area contributed by atoms with Crippen molar-refractivity contribution in [3.63, 3.8) is 0 Å². The smallest absolute Gasteiger partial charge is 0.219 e. The van der Waals surface area contributed by atoms with Gasteiger partial charge in [0.2, 0.25) is 5.88 Å². The summed E-state index contributed by atoms with van der Waals surface area (Å²) in [4.78, 5) is 27.9.